The highest BCUT2D eigenvalue weighted by Gasteiger charge is 2.14. The van der Waals surface area contributed by atoms with Gasteiger partial charge in [0.15, 0.2) is 5.16 Å². The summed E-state index contributed by atoms with van der Waals surface area (Å²) in [5.74, 6) is 1.57. The molecule has 136 valence electrons. The molecule has 0 unspecified atom stereocenters. The molecule has 0 aliphatic carbocycles. The summed E-state index contributed by atoms with van der Waals surface area (Å²) >= 11 is 1.41. The normalized spacial score (nSPS) is 11.1. The number of aryl methyl sites for hydroxylation is 1. The van der Waals surface area contributed by atoms with Gasteiger partial charge in [-0.2, -0.15) is 0 Å². The fourth-order valence-corrected chi connectivity index (χ4v) is 3.52. The van der Waals surface area contributed by atoms with E-state index in [4.69, 9.17) is 4.42 Å². The highest BCUT2D eigenvalue weighted by molar-refractivity contribution is 7.98. The van der Waals surface area contributed by atoms with Gasteiger partial charge in [0.1, 0.15) is 0 Å². The number of rotatable bonds is 6. The molecule has 0 spiro atoms. The Kier molecular flexibility index (Phi) is 4.97. The van der Waals surface area contributed by atoms with Gasteiger partial charge in [0, 0.05) is 18.8 Å². The van der Waals surface area contributed by atoms with Gasteiger partial charge in [0.2, 0.25) is 11.8 Å². The predicted molar refractivity (Wildman–Crippen MR) is 103 cm³/mol. The summed E-state index contributed by atoms with van der Waals surface area (Å²) in [6.07, 6.45) is 4.15. The zero-order chi connectivity index (χ0) is 18.6. The van der Waals surface area contributed by atoms with Crippen molar-refractivity contribution in [2.24, 2.45) is 0 Å². The number of fused-ring (bicyclic) bond motifs is 1. The lowest BCUT2D eigenvalue weighted by atomic mass is 10.2. The van der Waals surface area contributed by atoms with E-state index in [0.717, 1.165) is 5.56 Å². The van der Waals surface area contributed by atoms with E-state index in [2.05, 4.69) is 20.2 Å². The van der Waals surface area contributed by atoms with E-state index in [1.165, 1.54) is 11.8 Å². The van der Waals surface area contributed by atoms with E-state index in [9.17, 15) is 4.79 Å². The number of aromatic nitrogens is 5. The quantitative estimate of drug-likeness (QED) is 0.376. The summed E-state index contributed by atoms with van der Waals surface area (Å²) in [6.45, 7) is 2.36. The maximum atomic E-state index is 13.1. The second kappa shape index (κ2) is 7.71. The zero-order valence-electron chi connectivity index (χ0n) is 14.7. The minimum absolute atomic E-state index is 0.0771. The van der Waals surface area contributed by atoms with Crippen LogP contribution in [-0.2, 0) is 18.7 Å². The second-order valence-electron chi connectivity index (χ2n) is 5.90. The number of thioether (sulfide) groups is 1. The van der Waals surface area contributed by atoms with Gasteiger partial charge in [0.25, 0.3) is 5.56 Å². The SMILES string of the molecule is CCc1nnc(CSc2nc3ccccc3c(=O)n2Cc2cccnc2)o1. The molecular formula is C19H17N5O2S. The van der Waals surface area contributed by atoms with Crippen molar-refractivity contribution < 1.29 is 4.42 Å². The number of nitrogens with zero attached hydrogens (tertiary/aromatic N) is 5. The van der Waals surface area contributed by atoms with E-state index in [1.807, 2.05) is 37.3 Å². The molecule has 0 amide bonds. The van der Waals surface area contributed by atoms with Crippen LogP contribution >= 0.6 is 11.8 Å². The van der Waals surface area contributed by atoms with Gasteiger partial charge in [-0.3, -0.25) is 14.3 Å². The van der Waals surface area contributed by atoms with Crippen LogP contribution in [0.25, 0.3) is 10.9 Å². The van der Waals surface area contributed by atoms with Crippen LogP contribution in [0.3, 0.4) is 0 Å². The molecule has 27 heavy (non-hydrogen) atoms. The van der Waals surface area contributed by atoms with Crippen LogP contribution in [0, 0.1) is 0 Å². The Morgan fingerprint density at radius 3 is 2.74 bits per heavy atom. The third-order valence-electron chi connectivity index (χ3n) is 4.03. The molecule has 8 heteroatoms. The Bertz CT molecular complexity index is 1120. The fraction of sp³-hybridized carbons (Fsp3) is 0.211. The smallest absolute Gasteiger partial charge is 0.262 e. The van der Waals surface area contributed by atoms with Crippen LogP contribution in [0.4, 0.5) is 0 Å². The molecule has 3 aromatic heterocycles. The van der Waals surface area contributed by atoms with Crippen molar-refractivity contribution >= 4 is 22.7 Å². The number of para-hydroxylation sites is 1. The lowest BCUT2D eigenvalue weighted by molar-refractivity contribution is 0.469. The second-order valence-corrected chi connectivity index (χ2v) is 6.84. The lowest BCUT2D eigenvalue weighted by Crippen LogP contribution is -2.24. The molecule has 0 saturated heterocycles. The van der Waals surface area contributed by atoms with Crippen LogP contribution in [-0.4, -0.2) is 24.7 Å². The zero-order valence-corrected chi connectivity index (χ0v) is 15.5. The Morgan fingerprint density at radius 2 is 1.96 bits per heavy atom. The summed E-state index contributed by atoms with van der Waals surface area (Å²) in [5, 5.41) is 9.22. The molecule has 1 aromatic carbocycles. The lowest BCUT2D eigenvalue weighted by Gasteiger charge is -2.12. The van der Waals surface area contributed by atoms with Gasteiger partial charge >= 0.3 is 0 Å². The summed E-state index contributed by atoms with van der Waals surface area (Å²) in [4.78, 5) is 21.9. The number of pyridine rings is 1. The first-order chi connectivity index (χ1) is 13.2. The Balaban J connectivity index is 1.72. The minimum atomic E-state index is -0.0771. The van der Waals surface area contributed by atoms with E-state index in [0.29, 0.717) is 46.6 Å². The number of benzene rings is 1. The Hall–Kier alpha value is -3.00. The van der Waals surface area contributed by atoms with Crippen LogP contribution in [0.5, 0.6) is 0 Å². The van der Waals surface area contributed by atoms with E-state index < -0.39 is 0 Å². The highest BCUT2D eigenvalue weighted by atomic mass is 32.2. The largest absolute Gasteiger partial charge is 0.424 e. The van der Waals surface area contributed by atoms with Gasteiger partial charge in [-0.25, -0.2) is 4.98 Å². The van der Waals surface area contributed by atoms with Gasteiger partial charge in [0.05, 0.1) is 23.2 Å². The van der Waals surface area contributed by atoms with Crippen molar-refractivity contribution in [3.05, 3.63) is 76.5 Å². The molecule has 4 rings (SSSR count). The van der Waals surface area contributed by atoms with E-state index >= 15 is 0 Å². The first-order valence-electron chi connectivity index (χ1n) is 8.57. The molecule has 0 aliphatic heterocycles. The third-order valence-corrected chi connectivity index (χ3v) is 4.99. The maximum absolute atomic E-state index is 13.1. The van der Waals surface area contributed by atoms with Gasteiger partial charge in [-0.05, 0) is 23.8 Å². The molecule has 0 radical (unpaired) electrons. The molecule has 0 atom stereocenters. The van der Waals surface area contributed by atoms with E-state index in [-0.39, 0.29) is 5.56 Å². The standard InChI is InChI=1S/C19H17N5O2S/c1-2-16-22-23-17(26-16)12-27-19-21-15-8-4-3-7-14(15)18(25)24(19)11-13-6-5-9-20-10-13/h3-10H,2,11-12H2,1H3. The molecule has 0 N–H and O–H groups in total. The average molecular weight is 379 g/mol. The molecule has 0 fully saturated rings. The van der Waals surface area contributed by atoms with Crippen LogP contribution < -0.4 is 5.56 Å². The molecule has 0 aliphatic rings. The van der Waals surface area contributed by atoms with E-state index in [1.54, 1.807) is 23.0 Å². The molecule has 7 nitrogen and oxygen atoms in total. The van der Waals surface area contributed by atoms with Crippen molar-refractivity contribution in [3.63, 3.8) is 0 Å². The fourth-order valence-electron chi connectivity index (χ4n) is 2.69. The van der Waals surface area contributed by atoms with Crippen molar-refractivity contribution in [3.8, 4) is 0 Å². The molecule has 3 heterocycles. The first kappa shape index (κ1) is 17.4. The number of hydrogen-bond donors (Lipinski definition) is 0. The highest BCUT2D eigenvalue weighted by Crippen LogP contribution is 2.22. The summed E-state index contributed by atoms with van der Waals surface area (Å²) < 4.78 is 7.23. The Morgan fingerprint density at radius 1 is 1.11 bits per heavy atom. The van der Waals surface area contributed by atoms with Gasteiger partial charge < -0.3 is 4.42 Å². The molecule has 0 saturated carbocycles. The predicted octanol–water partition coefficient (Wildman–Crippen LogP) is 3.08. The van der Waals surface area contributed by atoms with Crippen molar-refractivity contribution in [1.82, 2.24) is 24.7 Å². The molecule has 0 bridgehead atoms. The third kappa shape index (κ3) is 3.75. The number of hydrogen-bond acceptors (Lipinski definition) is 7. The monoisotopic (exact) mass is 379 g/mol. The minimum Gasteiger partial charge on any atom is -0.424 e. The van der Waals surface area contributed by atoms with Crippen molar-refractivity contribution in [1.29, 1.82) is 0 Å². The summed E-state index contributed by atoms with van der Waals surface area (Å²) in [6, 6.07) is 11.2. The van der Waals surface area contributed by atoms with Crippen molar-refractivity contribution in [2.75, 3.05) is 0 Å². The van der Waals surface area contributed by atoms with Crippen LogP contribution in [0.2, 0.25) is 0 Å². The Labute approximate surface area is 159 Å². The van der Waals surface area contributed by atoms with Gasteiger partial charge in [-0.1, -0.05) is 36.9 Å². The maximum Gasteiger partial charge on any atom is 0.262 e. The average Bonchev–Trinajstić information content (AvgIpc) is 3.18. The van der Waals surface area contributed by atoms with Crippen LogP contribution in [0.1, 0.15) is 24.3 Å². The van der Waals surface area contributed by atoms with Gasteiger partial charge in [-0.15, -0.1) is 10.2 Å². The molecular weight excluding hydrogens is 362 g/mol. The summed E-state index contributed by atoms with van der Waals surface area (Å²) in [7, 11) is 0. The summed E-state index contributed by atoms with van der Waals surface area (Å²) in [5.41, 5.74) is 1.53. The van der Waals surface area contributed by atoms with Crippen LogP contribution in [0.15, 0.2) is 63.2 Å². The van der Waals surface area contributed by atoms with Crippen molar-refractivity contribution in [2.45, 2.75) is 30.8 Å². The topological polar surface area (TPSA) is 86.7 Å². The first-order valence-corrected chi connectivity index (χ1v) is 9.55. The molecule has 4 aromatic rings.